The minimum absolute atomic E-state index is 0.547. The number of hydrogen-bond donors (Lipinski definition) is 1. The summed E-state index contributed by atoms with van der Waals surface area (Å²) in [4.78, 5) is 2.74. The van der Waals surface area contributed by atoms with Crippen molar-refractivity contribution in [2.45, 2.75) is 45.7 Å². The van der Waals surface area contributed by atoms with Gasteiger partial charge in [0.1, 0.15) is 0 Å². The molecule has 0 saturated carbocycles. The van der Waals surface area contributed by atoms with Gasteiger partial charge in [-0.1, -0.05) is 29.3 Å². The van der Waals surface area contributed by atoms with Gasteiger partial charge in [0.25, 0.3) is 0 Å². The highest BCUT2D eigenvalue weighted by atomic mass is 15.2. The van der Waals surface area contributed by atoms with Gasteiger partial charge in [-0.05, 0) is 58.2 Å². The highest BCUT2D eigenvalue weighted by Gasteiger charge is 2.37. The Balaban J connectivity index is 1.84. The number of fused-ring (bicyclic) bond motifs is 1. The van der Waals surface area contributed by atoms with Crippen molar-refractivity contribution < 1.29 is 0 Å². The Hall–Kier alpha value is -0.860. The number of aryl methyl sites for hydroxylation is 2. The van der Waals surface area contributed by atoms with Crippen LogP contribution in [0.25, 0.3) is 0 Å². The van der Waals surface area contributed by atoms with Crippen molar-refractivity contribution in [1.29, 1.82) is 0 Å². The first-order chi connectivity index (χ1) is 9.15. The molecule has 2 aliphatic rings. The van der Waals surface area contributed by atoms with E-state index in [2.05, 4.69) is 49.2 Å². The highest BCUT2D eigenvalue weighted by Crippen LogP contribution is 2.33. The van der Waals surface area contributed by atoms with E-state index in [0.717, 1.165) is 12.0 Å². The van der Waals surface area contributed by atoms with Gasteiger partial charge < -0.3 is 5.32 Å². The molecule has 0 radical (unpaired) electrons. The highest BCUT2D eigenvalue weighted by molar-refractivity contribution is 5.30. The molecule has 3 unspecified atom stereocenters. The zero-order valence-electron chi connectivity index (χ0n) is 12.4. The molecule has 0 bridgehead atoms. The Morgan fingerprint density at radius 1 is 1.16 bits per heavy atom. The zero-order chi connectivity index (χ0) is 13.4. The van der Waals surface area contributed by atoms with Crippen molar-refractivity contribution in [3.05, 3.63) is 34.9 Å². The number of nitrogens with zero attached hydrogens (tertiary/aromatic N) is 1. The van der Waals surface area contributed by atoms with Gasteiger partial charge in [0.2, 0.25) is 0 Å². The van der Waals surface area contributed by atoms with Crippen LogP contribution >= 0.6 is 0 Å². The van der Waals surface area contributed by atoms with E-state index in [1.54, 1.807) is 0 Å². The largest absolute Gasteiger partial charge is 0.315 e. The molecule has 0 aromatic heterocycles. The summed E-state index contributed by atoms with van der Waals surface area (Å²) in [6, 6.07) is 8.30. The first-order valence-electron chi connectivity index (χ1n) is 7.70. The molecule has 2 nitrogen and oxygen atoms in total. The molecule has 2 aliphatic heterocycles. The second kappa shape index (κ2) is 5.26. The van der Waals surface area contributed by atoms with Crippen LogP contribution < -0.4 is 5.32 Å². The van der Waals surface area contributed by atoms with E-state index in [-0.39, 0.29) is 0 Å². The number of hydrogen-bond acceptors (Lipinski definition) is 2. The van der Waals surface area contributed by atoms with Crippen molar-refractivity contribution in [1.82, 2.24) is 10.2 Å². The average molecular weight is 258 g/mol. The summed E-state index contributed by atoms with van der Waals surface area (Å²) < 4.78 is 0. The van der Waals surface area contributed by atoms with E-state index in [0.29, 0.717) is 6.04 Å². The lowest BCUT2D eigenvalue weighted by Gasteiger charge is -2.41. The van der Waals surface area contributed by atoms with Crippen LogP contribution in [0, 0.1) is 19.8 Å². The van der Waals surface area contributed by atoms with Gasteiger partial charge in [-0.3, -0.25) is 4.90 Å². The molecule has 2 fully saturated rings. The molecule has 104 valence electrons. The molecule has 19 heavy (non-hydrogen) atoms. The van der Waals surface area contributed by atoms with Crippen molar-refractivity contribution >= 4 is 0 Å². The molecule has 2 heteroatoms. The molecule has 0 spiro atoms. The molecular weight excluding hydrogens is 232 g/mol. The normalized spacial score (nSPS) is 29.2. The fraction of sp³-hybridized carbons (Fsp3) is 0.647. The van der Waals surface area contributed by atoms with Crippen molar-refractivity contribution in [3.8, 4) is 0 Å². The van der Waals surface area contributed by atoms with E-state index in [9.17, 15) is 0 Å². The molecular formula is C17H26N2. The topological polar surface area (TPSA) is 15.3 Å². The Morgan fingerprint density at radius 3 is 2.63 bits per heavy atom. The van der Waals surface area contributed by atoms with Gasteiger partial charge in [0, 0.05) is 18.6 Å². The fourth-order valence-corrected chi connectivity index (χ4v) is 4.03. The zero-order valence-corrected chi connectivity index (χ0v) is 12.4. The monoisotopic (exact) mass is 258 g/mol. The third-order valence-corrected chi connectivity index (χ3v) is 4.95. The minimum atomic E-state index is 0.547. The van der Waals surface area contributed by atoms with Gasteiger partial charge in [-0.2, -0.15) is 0 Å². The van der Waals surface area contributed by atoms with Gasteiger partial charge >= 0.3 is 0 Å². The predicted octanol–water partition coefficient (Wildman–Crippen LogP) is 3.05. The summed E-state index contributed by atoms with van der Waals surface area (Å²) in [7, 11) is 0. The van der Waals surface area contributed by atoms with Crippen LogP contribution in [0.4, 0.5) is 0 Å². The maximum Gasteiger partial charge on any atom is 0.0323 e. The molecule has 2 saturated heterocycles. The number of likely N-dealkylation sites (tertiary alicyclic amines) is 1. The summed E-state index contributed by atoms with van der Waals surface area (Å²) in [5.41, 5.74) is 4.27. The van der Waals surface area contributed by atoms with E-state index in [4.69, 9.17) is 0 Å². The van der Waals surface area contributed by atoms with Gasteiger partial charge in [-0.15, -0.1) is 0 Å². The van der Waals surface area contributed by atoms with Crippen LogP contribution in [0.15, 0.2) is 18.2 Å². The number of rotatable bonds is 2. The van der Waals surface area contributed by atoms with Gasteiger partial charge in [-0.25, -0.2) is 0 Å². The fourth-order valence-electron chi connectivity index (χ4n) is 4.03. The molecule has 0 amide bonds. The first kappa shape index (κ1) is 13.1. The Kier molecular flexibility index (Phi) is 3.64. The average Bonchev–Trinajstić information content (AvgIpc) is 2.84. The quantitative estimate of drug-likeness (QED) is 0.877. The summed E-state index contributed by atoms with van der Waals surface area (Å²) >= 11 is 0. The maximum absolute atomic E-state index is 3.58. The number of piperidine rings is 1. The second-order valence-electron chi connectivity index (χ2n) is 6.46. The van der Waals surface area contributed by atoms with Gasteiger partial charge in [0.05, 0.1) is 0 Å². The van der Waals surface area contributed by atoms with Crippen molar-refractivity contribution in [2.75, 3.05) is 19.6 Å². The summed E-state index contributed by atoms with van der Waals surface area (Å²) in [6.45, 7) is 10.5. The Morgan fingerprint density at radius 2 is 1.89 bits per heavy atom. The molecule has 0 aliphatic carbocycles. The van der Waals surface area contributed by atoms with Gasteiger partial charge in [0.15, 0.2) is 0 Å². The third kappa shape index (κ3) is 2.56. The lowest BCUT2D eigenvalue weighted by Crippen LogP contribution is -2.46. The summed E-state index contributed by atoms with van der Waals surface area (Å²) in [6.07, 6.45) is 2.77. The van der Waals surface area contributed by atoms with Crippen LogP contribution in [0.3, 0.4) is 0 Å². The lowest BCUT2D eigenvalue weighted by molar-refractivity contribution is 0.0847. The maximum atomic E-state index is 3.58. The first-order valence-corrected chi connectivity index (χ1v) is 7.70. The third-order valence-electron chi connectivity index (χ3n) is 4.95. The lowest BCUT2D eigenvalue weighted by atomic mass is 9.89. The van der Waals surface area contributed by atoms with Crippen molar-refractivity contribution in [2.24, 2.45) is 5.92 Å². The summed E-state index contributed by atoms with van der Waals surface area (Å²) in [5, 5.41) is 3.58. The number of nitrogens with one attached hydrogen (secondary N) is 1. The van der Waals surface area contributed by atoms with E-state index < -0.39 is 0 Å². The van der Waals surface area contributed by atoms with Crippen LogP contribution in [0.2, 0.25) is 0 Å². The molecule has 1 N–H and O–H groups in total. The van der Waals surface area contributed by atoms with Crippen molar-refractivity contribution in [3.63, 3.8) is 0 Å². The molecule has 1 aromatic rings. The van der Waals surface area contributed by atoms with E-state index >= 15 is 0 Å². The second-order valence-corrected chi connectivity index (χ2v) is 6.46. The SMILES string of the molecule is Cc1cc(C)cc(C(C)N2CCCC3CNCC32)c1. The van der Waals surface area contributed by atoms with Crippen LogP contribution in [-0.2, 0) is 0 Å². The minimum Gasteiger partial charge on any atom is -0.315 e. The summed E-state index contributed by atoms with van der Waals surface area (Å²) in [5.74, 6) is 0.877. The molecule has 1 aromatic carbocycles. The van der Waals surface area contributed by atoms with E-state index in [1.165, 1.54) is 49.2 Å². The molecule has 3 rings (SSSR count). The Labute approximate surface area is 117 Å². The smallest absolute Gasteiger partial charge is 0.0323 e. The number of benzene rings is 1. The predicted molar refractivity (Wildman–Crippen MR) is 80.4 cm³/mol. The standard InChI is InChI=1S/C17H26N2/c1-12-7-13(2)9-16(8-12)14(3)19-6-4-5-15-10-18-11-17(15)19/h7-9,14-15,17-18H,4-6,10-11H2,1-3H3. The van der Waals surface area contributed by atoms with Crippen LogP contribution in [-0.4, -0.2) is 30.6 Å². The Bertz CT molecular complexity index is 434. The van der Waals surface area contributed by atoms with E-state index in [1.807, 2.05) is 0 Å². The van der Waals surface area contributed by atoms with Crippen LogP contribution in [0.1, 0.15) is 42.5 Å². The van der Waals surface area contributed by atoms with Crippen LogP contribution in [0.5, 0.6) is 0 Å². The molecule has 3 atom stereocenters. The molecule has 2 heterocycles.